The summed E-state index contributed by atoms with van der Waals surface area (Å²) < 4.78 is 0. The Balaban J connectivity index is 2.27. The molecule has 1 atom stereocenters. The molecule has 0 spiro atoms. The Morgan fingerprint density at radius 1 is 1.56 bits per heavy atom. The Morgan fingerprint density at radius 2 is 2.31 bits per heavy atom. The van der Waals surface area contributed by atoms with Crippen molar-refractivity contribution in [3.05, 3.63) is 0 Å². The Kier molecular flexibility index (Phi) is 4.65. The molecular formula is C11H16N2O3. The molecule has 0 aromatic rings. The van der Waals surface area contributed by atoms with Gasteiger partial charge in [0.15, 0.2) is 0 Å². The number of aliphatic carboxylic acids is 1. The first-order valence-corrected chi connectivity index (χ1v) is 5.30. The van der Waals surface area contributed by atoms with Crippen LogP contribution < -0.4 is 5.32 Å². The summed E-state index contributed by atoms with van der Waals surface area (Å²) in [6.07, 6.45) is 1.16. The lowest BCUT2D eigenvalue weighted by Crippen LogP contribution is -2.39. The van der Waals surface area contributed by atoms with E-state index in [1.165, 1.54) is 4.90 Å². The van der Waals surface area contributed by atoms with Crippen molar-refractivity contribution in [1.29, 1.82) is 0 Å². The quantitative estimate of drug-likeness (QED) is 0.542. The minimum atomic E-state index is -0.827. The first-order valence-electron chi connectivity index (χ1n) is 5.30. The van der Waals surface area contributed by atoms with Gasteiger partial charge in [-0.05, 0) is 13.3 Å². The molecule has 1 unspecified atom stereocenters. The number of amides is 2. The van der Waals surface area contributed by atoms with Crippen LogP contribution >= 0.6 is 0 Å². The number of hydrogen-bond donors (Lipinski definition) is 2. The maximum Gasteiger partial charge on any atom is 0.317 e. The van der Waals surface area contributed by atoms with Crippen molar-refractivity contribution in [1.82, 2.24) is 10.2 Å². The lowest BCUT2D eigenvalue weighted by Gasteiger charge is -2.16. The van der Waals surface area contributed by atoms with Gasteiger partial charge in [0.05, 0.1) is 5.92 Å². The summed E-state index contributed by atoms with van der Waals surface area (Å²) in [7, 11) is 0. The van der Waals surface area contributed by atoms with Crippen molar-refractivity contribution in [2.75, 3.05) is 19.6 Å². The third-order valence-electron chi connectivity index (χ3n) is 2.53. The molecule has 1 aliphatic heterocycles. The molecule has 5 heteroatoms. The molecule has 2 amide bonds. The predicted molar refractivity (Wildman–Crippen MR) is 58.8 cm³/mol. The molecule has 1 heterocycles. The molecule has 5 nitrogen and oxygen atoms in total. The molecule has 2 N–H and O–H groups in total. The van der Waals surface area contributed by atoms with Crippen LogP contribution in [0.1, 0.15) is 19.8 Å². The minimum absolute atomic E-state index is 0.193. The van der Waals surface area contributed by atoms with E-state index in [0.29, 0.717) is 32.5 Å². The first-order chi connectivity index (χ1) is 7.65. The zero-order chi connectivity index (χ0) is 12.0. The fourth-order valence-electron chi connectivity index (χ4n) is 1.62. The third-order valence-corrected chi connectivity index (χ3v) is 2.53. The molecule has 0 aliphatic carbocycles. The standard InChI is InChI=1S/C11H16N2O3/c1-2-3-4-6-12-11(16)13-7-5-9(8-13)10(14)15/h9H,4-8H2,1H3,(H,12,16)(H,14,15). The van der Waals surface area contributed by atoms with Crippen LogP contribution in [0.2, 0.25) is 0 Å². The number of carbonyl (C=O) groups is 2. The van der Waals surface area contributed by atoms with E-state index in [2.05, 4.69) is 17.2 Å². The number of nitrogens with one attached hydrogen (secondary N) is 1. The van der Waals surface area contributed by atoms with E-state index in [0.717, 1.165) is 0 Å². The molecule has 1 fully saturated rings. The van der Waals surface area contributed by atoms with Crippen LogP contribution in [0.15, 0.2) is 0 Å². The van der Waals surface area contributed by atoms with Gasteiger partial charge >= 0.3 is 12.0 Å². The summed E-state index contributed by atoms with van der Waals surface area (Å²) in [6, 6.07) is -0.193. The Labute approximate surface area is 94.8 Å². The minimum Gasteiger partial charge on any atom is -0.481 e. The van der Waals surface area contributed by atoms with Gasteiger partial charge in [0.1, 0.15) is 0 Å². The van der Waals surface area contributed by atoms with E-state index < -0.39 is 11.9 Å². The van der Waals surface area contributed by atoms with Crippen molar-refractivity contribution in [3.8, 4) is 11.8 Å². The zero-order valence-electron chi connectivity index (χ0n) is 9.32. The van der Waals surface area contributed by atoms with Gasteiger partial charge in [-0.25, -0.2) is 4.79 Å². The number of carbonyl (C=O) groups excluding carboxylic acids is 1. The highest BCUT2D eigenvalue weighted by Crippen LogP contribution is 2.15. The van der Waals surface area contributed by atoms with Crippen molar-refractivity contribution >= 4 is 12.0 Å². The number of likely N-dealkylation sites (tertiary alicyclic amines) is 1. The second kappa shape index (κ2) is 6.01. The fourth-order valence-corrected chi connectivity index (χ4v) is 1.62. The first kappa shape index (κ1) is 12.4. The summed E-state index contributed by atoms with van der Waals surface area (Å²) >= 11 is 0. The van der Waals surface area contributed by atoms with Crippen LogP contribution in [0.3, 0.4) is 0 Å². The molecular weight excluding hydrogens is 208 g/mol. The molecule has 0 aromatic heterocycles. The van der Waals surface area contributed by atoms with Crippen molar-refractivity contribution in [2.45, 2.75) is 19.8 Å². The van der Waals surface area contributed by atoms with E-state index in [4.69, 9.17) is 5.11 Å². The molecule has 88 valence electrons. The van der Waals surface area contributed by atoms with Gasteiger partial charge in [0.2, 0.25) is 0 Å². The van der Waals surface area contributed by atoms with Crippen LogP contribution in [0.25, 0.3) is 0 Å². The van der Waals surface area contributed by atoms with E-state index >= 15 is 0 Å². The van der Waals surface area contributed by atoms with Gasteiger partial charge in [0.25, 0.3) is 0 Å². The monoisotopic (exact) mass is 224 g/mol. The van der Waals surface area contributed by atoms with E-state index in [-0.39, 0.29) is 6.03 Å². The Bertz CT molecular complexity index is 330. The molecule has 1 saturated heterocycles. The summed E-state index contributed by atoms with van der Waals surface area (Å²) in [5.41, 5.74) is 0. The summed E-state index contributed by atoms with van der Waals surface area (Å²) in [5, 5.41) is 11.5. The van der Waals surface area contributed by atoms with Crippen LogP contribution in [0.4, 0.5) is 4.79 Å². The van der Waals surface area contributed by atoms with Gasteiger partial charge in [0, 0.05) is 26.1 Å². The van der Waals surface area contributed by atoms with E-state index in [1.54, 1.807) is 6.92 Å². The lowest BCUT2D eigenvalue weighted by atomic mass is 10.1. The molecule has 1 aliphatic rings. The molecule has 0 radical (unpaired) electrons. The summed E-state index contributed by atoms with van der Waals surface area (Å²) in [4.78, 5) is 23.8. The van der Waals surface area contributed by atoms with Crippen LogP contribution in [-0.2, 0) is 4.79 Å². The topological polar surface area (TPSA) is 69.6 Å². The SMILES string of the molecule is CC#CCCNC(=O)N1CCC(C(=O)O)C1. The lowest BCUT2D eigenvalue weighted by molar-refractivity contribution is -0.141. The smallest absolute Gasteiger partial charge is 0.317 e. The molecule has 0 bridgehead atoms. The van der Waals surface area contributed by atoms with Crippen LogP contribution in [0.5, 0.6) is 0 Å². The van der Waals surface area contributed by atoms with Crippen molar-refractivity contribution in [2.24, 2.45) is 5.92 Å². The molecule has 16 heavy (non-hydrogen) atoms. The number of carboxylic acid groups (broad SMARTS) is 1. The molecule has 0 aromatic carbocycles. The van der Waals surface area contributed by atoms with Crippen LogP contribution in [-0.4, -0.2) is 41.6 Å². The van der Waals surface area contributed by atoms with Crippen molar-refractivity contribution < 1.29 is 14.7 Å². The number of urea groups is 1. The number of carboxylic acids is 1. The highest BCUT2D eigenvalue weighted by atomic mass is 16.4. The van der Waals surface area contributed by atoms with E-state index in [9.17, 15) is 9.59 Å². The van der Waals surface area contributed by atoms with Gasteiger partial charge in [-0.2, -0.15) is 0 Å². The second-order valence-corrected chi connectivity index (χ2v) is 3.68. The average Bonchev–Trinajstić information content (AvgIpc) is 2.73. The molecule has 1 rings (SSSR count). The van der Waals surface area contributed by atoms with Gasteiger partial charge < -0.3 is 15.3 Å². The fraction of sp³-hybridized carbons (Fsp3) is 0.636. The third kappa shape index (κ3) is 3.46. The van der Waals surface area contributed by atoms with E-state index in [1.807, 2.05) is 0 Å². The predicted octanol–water partition coefficient (Wildman–Crippen LogP) is 0.516. The normalized spacial score (nSPS) is 18.8. The molecule has 0 saturated carbocycles. The number of rotatable bonds is 3. The van der Waals surface area contributed by atoms with Crippen molar-refractivity contribution in [3.63, 3.8) is 0 Å². The summed E-state index contributed by atoms with van der Waals surface area (Å²) in [6.45, 7) is 3.08. The maximum absolute atomic E-state index is 11.6. The zero-order valence-corrected chi connectivity index (χ0v) is 9.32. The highest BCUT2D eigenvalue weighted by Gasteiger charge is 2.30. The second-order valence-electron chi connectivity index (χ2n) is 3.68. The van der Waals surface area contributed by atoms with Gasteiger partial charge in [-0.3, -0.25) is 4.79 Å². The Morgan fingerprint density at radius 3 is 2.88 bits per heavy atom. The summed E-state index contributed by atoms with van der Waals surface area (Å²) in [5.74, 6) is 4.34. The van der Waals surface area contributed by atoms with Gasteiger partial charge in [-0.15, -0.1) is 11.8 Å². The number of hydrogen-bond acceptors (Lipinski definition) is 2. The largest absolute Gasteiger partial charge is 0.481 e. The number of nitrogens with zero attached hydrogens (tertiary/aromatic N) is 1. The van der Waals surface area contributed by atoms with Gasteiger partial charge in [-0.1, -0.05) is 0 Å². The average molecular weight is 224 g/mol. The van der Waals surface area contributed by atoms with Crippen LogP contribution in [0, 0.1) is 17.8 Å². The maximum atomic E-state index is 11.6. The highest BCUT2D eigenvalue weighted by molar-refractivity contribution is 5.77. The Hall–Kier alpha value is -1.70.